The predicted octanol–water partition coefficient (Wildman–Crippen LogP) is 1.96. The van der Waals surface area contributed by atoms with Gasteiger partial charge in [0, 0.05) is 12.2 Å². The number of tetrazole rings is 1. The molecular formula is C12H14F3N5O. The molecule has 1 heterocycles. The van der Waals surface area contributed by atoms with Crippen molar-refractivity contribution in [3.05, 3.63) is 30.1 Å². The fraction of sp³-hybridized carbons (Fsp3) is 0.417. The number of alkyl halides is 3. The van der Waals surface area contributed by atoms with Crippen LogP contribution in [0.2, 0.25) is 0 Å². The quantitative estimate of drug-likeness (QED) is 0.826. The Morgan fingerprint density at radius 1 is 1.33 bits per heavy atom. The number of ether oxygens (including phenoxy) is 1. The number of halogens is 3. The number of anilines is 1. The molecule has 0 radical (unpaired) electrons. The highest BCUT2D eigenvalue weighted by Gasteiger charge is 2.27. The van der Waals surface area contributed by atoms with Crippen LogP contribution in [0.1, 0.15) is 5.56 Å². The Morgan fingerprint density at radius 3 is 2.76 bits per heavy atom. The molecule has 0 aliphatic heterocycles. The molecule has 2 aromatic rings. The van der Waals surface area contributed by atoms with Gasteiger partial charge in [0.15, 0.2) is 0 Å². The molecule has 114 valence electrons. The molecule has 21 heavy (non-hydrogen) atoms. The maximum atomic E-state index is 11.9. The topological polar surface area (TPSA) is 64.9 Å². The van der Waals surface area contributed by atoms with Crippen molar-refractivity contribution in [1.82, 2.24) is 20.2 Å². The number of aryl methyl sites for hydroxylation is 1. The van der Waals surface area contributed by atoms with Crippen LogP contribution >= 0.6 is 0 Å². The molecule has 2 rings (SSSR count). The molecule has 0 amide bonds. The zero-order valence-electron chi connectivity index (χ0n) is 11.3. The van der Waals surface area contributed by atoms with Crippen molar-refractivity contribution < 1.29 is 17.9 Å². The Morgan fingerprint density at radius 2 is 2.14 bits per heavy atom. The molecule has 0 atom stereocenters. The van der Waals surface area contributed by atoms with E-state index in [0.29, 0.717) is 6.54 Å². The van der Waals surface area contributed by atoms with E-state index < -0.39 is 12.8 Å². The number of hydrogen-bond acceptors (Lipinski definition) is 5. The molecule has 9 heteroatoms. The average Bonchev–Trinajstić information content (AvgIpc) is 2.91. The Hall–Kier alpha value is -2.16. The molecule has 0 saturated heterocycles. The second-order valence-electron chi connectivity index (χ2n) is 4.35. The van der Waals surface area contributed by atoms with Gasteiger partial charge in [-0.25, -0.2) is 4.68 Å². The van der Waals surface area contributed by atoms with Crippen LogP contribution in [0.5, 0.6) is 0 Å². The van der Waals surface area contributed by atoms with Gasteiger partial charge in [0.25, 0.3) is 0 Å². The van der Waals surface area contributed by atoms with Crippen molar-refractivity contribution in [1.29, 1.82) is 0 Å². The monoisotopic (exact) mass is 301 g/mol. The summed E-state index contributed by atoms with van der Waals surface area (Å²) in [4.78, 5) is 0. The van der Waals surface area contributed by atoms with Gasteiger partial charge >= 0.3 is 6.18 Å². The maximum absolute atomic E-state index is 11.9. The van der Waals surface area contributed by atoms with Crippen LogP contribution in [-0.2, 0) is 4.74 Å². The highest BCUT2D eigenvalue weighted by Crippen LogP contribution is 2.18. The van der Waals surface area contributed by atoms with Crippen molar-refractivity contribution in [3.8, 4) is 5.69 Å². The van der Waals surface area contributed by atoms with Crippen LogP contribution in [0.15, 0.2) is 24.5 Å². The minimum Gasteiger partial charge on any atom is -0.383 e. The number of benzene rings is 1. The number of nitrogens with zero attached hydrogens (tertiary/aromatic N) is 4. The van der Waals surface area contributed by atoms with Crippen LogP contribution in [0.4, 0.5) is 18.9 Å². The van der Waals surface area contributed by atoms with E-state index in [1.807, 2.05) is 19.1 Å². The summed E-state index contributed by atoms with van der Waals surface area (Å²) in [6, 6.07) is 5.49. The average molecular weight is 301 g/mol. The van der Waals surface area contributed by atoms with E-state index in [0.717, 1.165) is 16.9 Å². The van der Waals surface area contributed by atoms with Gasteiger partial charge in [-0.1, -0.05) is 0 Å². The van der Waals surface area contributed by atoms with E-state index in [4.69, 9.17) is 0 Å². The van der Waals surface area contributed by atoms with Crippen molar-refractivity contribution in [2.45, 2.75) is 13.1 Å². The molecule has 0 saturated carbocycles. The van der Waals surface area contributed by atoms with Crippen LogP contribution in [0, 0.1) is 6.92 Å². The molecule has 1 aromatic heterocycles. The summed E-state index contributed by atoms with van der Waals surface area (Å²) in [5, 5.41) is 13.9. The van der Waals surface area contributed by atoms with Crippen LogP contribution < -0.4 is 5.32 Å². The summed E-state index contributed by atoms with van der Waals surface area (Å²) in [6.45, 7) is 0.932. The van der Waals surface area contributed by atoms with E-state index in [-0.39, 0.29) is 6.61 Å². The lowest BCUT2D eigenvalue weighted by Crippen LogP contribution is -2.20. The normalized spacial score (nSPS) is 11.6. The fourth-order valence-electron chi connectivity index (χ4n) is 1.75. The second kappa shape index (κ2) is 6.53. The lowest BCUT2D eigenvalue weighted by atomic mass is 10.2. The standard InChI is InChI=1S/C12H14F3N5O/c1-9-6-10(16-4-5-21-7-12(13,14)15)2-3-11(9)20-8-17-18-19-20/h2-3,6,8,16H,4-5,7H2,1H3. The third-order valence-corrected chi connectivity index (χ3v) is 2.63. The Bertz CT molecular complexity index is 571. The molecule has 0 aliphatic carbocycles. The smallest absolute Gasteiger partial charge is 0.383 e. The zero-order chi connectivity index (χ0) is 15.3. The Balaban J connectivity index is 1.84. The van der Waals surface area contributed by atoms with Gasteiger partial charge < -0.3 is 10.1 Å². The molecular weight excluding hydrogens is 287 g/mol. The molecule has 0 aliphatic rings. The summed E-state index contributed by atoms with van der Waals surface area (Å²) in [7, 11) is 0. The van der Waals surface area contributed by atoms with Crippen molar-refractivity contribution >= 4 is 5.69 Å². The van der Waals surface area contributed by atoms with Gasteiger partial charge in [-0.3, -0.25) is 0 Å². The van der Waals surface area contributed by atoms with Crippen LogP contribution in [-0.4, -0.2) is 46.1 Å². The highest BCUT2D eigenvalue weighted by atomic mass is 19.4. The third kappa shape index (κ3) is 4.71. The van der Waals surface area contributed by atoms with E-state index in [1.54, 1.807) is 6.07 Å². The highest BCUT2D eigenvalue weighted by molar-refractivity contribution is 5.53. The molecule has 1 aromatic carbocycles. The van der Waals surface area contributed by atoms with Gasteiger partial charge in [-0.15, -0.1) is 5.10 Å². The summed E-state index contributed by atoms with van der Waals surface area (Å²) >= 11 is 0. The molecule has 1 N–H and O–H groups in total. The van der Waals surface area contributed by atoms with Crippen molar-refractivity contribution in [2.24, 2.45) is 0 Å². The number of aromatic nitrogens is 4. The largest absolute Gasteiger partial charge is 0.411 e. The maximum Gasteiger partial charge on any atom is 0.411 e. The third-order valence-electron chi connectivity index (χ3n) is 2.63. The minimum absolute atomic E-state index is 0.0205. The first kappa shape index (κ1) is 15.2. The summed E-state index contributed by atoms with van der Waals surface area (Å²) < 4.78 is 41.7. The van der Waals surface area contributed by atoms with Gasteiger partial charge in [-0.05, 0) is 41.1 Å². The van der Waals surface area contributed by atoms with Gasteiger partial charge in [-0.2, -0.15) is 13.2 Å². The lowest BCUT2D eigenvalue weighted by Gasteiger charge is -2.11. The van der Waals surface area contributed by atoms with Crippen molar-refractivity contribution in [2.75, 3.05) is 25.1 Å². The summed E-state index contributed by atoms with van der Waals surface area (Å²) in [5.41, 5.74) is 2.56. The van der Waals surface area contributed by atoms with E-state index in [2.05, 4.69) is 25.6 Å². The first-order valence-electron chi connectivity index (χ1n) is 6.18. The molecule has 0 fully saturated rings. The van der Waals surface area contributed by atoms with E-state index >= 15 is 0 Å². The SMILES string of the molecule is Cc1cc(NCCOCC(F)(F)F)ccc1-n1cnnn1. The number of hydrogen-bond donors (Lipinski definition) is 1. The van der Waals surface area contributed by atoms with E-state index in [1.165, 1.54) is 11.0 Å². The Kier molecular flexibility index (Phi) is 4.73. The second-order valence-corrected chi connectivity index (χ2v) is 4.35. The molecule has 0 unspecified atom stereocenters. The molecule has 0 bridgehead atoms. The first-order chi connectivity index (χ1) is 9.96. The number of rotatable bonds is 6. The van der Waals surface area contributed by atoms with Gasteiger partial charge in [0.2, 0.25) is 0 Å². The van der Waals surface area contributed by atoms with Gasteiger partial charge in [0.1, 0.15) is 12.9 Å². The van der Waals surface area contributed by atoms with Gasteiger partial charge in [0.05, 0.1) is 12.3 Å². The zero-order valence-corrected chi connectivity index (χ0v) is 11.3. The minimum atomic E-state index is -4.29. The molecule has 0 spiro atoms. The summed E-state index contributed by atoms with van der Waals surface area (Å²) in [6.07, 6.45) is -2.80. The van der Waals surface area contributed by atoms with Crippen LogP contribution in [0.25, 0.3) is 5.69 Å². The van der Waals surface area contributed by atoms with E-state index in [9.17, 15) is 13.2 Å². The molecule has 6 nitrogen and oxygen atoms in total. The fourth-order valence-corrected chi connectivity index (χ4v) is 1.75. The predicted molar refractivity (Wildman–Crippen MR) is 69.3 cm³/mol. The first-order valence-corrected chi connectivity index (χ1v) is 6.18. The Labute approximate surface area is 118 Å². The van der Waals surface area contributed by atoms with Crippen LogP contribution in [0.3, 0.4) is 0 Å². The number of nitrogens with one attached hydrogen (secondary N) is 1. The lowest BCUT2D eigenvalue weighted by molar-refractivity contribution is -0.172. The van der Waals surface area contributed by atoms with Crippen molar-refractivity contribution in [3.63, 3.8) is 0 Å². The summed E-state index contributed by atoms with van der Waals surface area (Å²) in [5.74, 6) is 0.